The van der Waals surface area contributed by atoms with Crippen molar-refractivity contribution in [2.75, 3.05) is 0 Å². The van der Waals surface area contributed by atoms with E-state index in [1.54, 1.807) is 30.5 Å². The summed E-state index contributed by atoms with van der Waals surface area (Å²) in [6, 6.07) is 24.7. The van der Waals surface area contributed by atoms with Crippen LogP contribution in [0.3, 0.4) is 0 Å². The molecule has 1 aliphatic heterocycles. The molecular weight excluding hydrogens is 472 g/mol. The molecule has 0 saturated carbocycles. The van der Waals surface area contributed by atoms with Gasteiger partial charge in [0.25, 0.3) is 0 Å². The maximum Gasteiger partial charge on any atom is 0.141 e. The topological polar surface area (TPSA) is 102 Å². The number of benzene rings is 3. The molecular formula is C32H26N4O2. The first-order valence-corrected chi connectivity index (χ1v) is 12.4. The zero-order valence-electron chi connectivity index (χ0n) is 21.4. The maximum absolute atomic E-state index is 12.5. The highest BCUT2D eigenvalue weighted by molar-refractivity contribution is 5.96. The Balaban J connectivity index is 1.86. The predicted octanol–water partition coefficient (Wildman–Crippen LogP) is 6.40. The minimum Gasteiger partial charge on any atom is -0.488 e. The van der Waals surface area contributed by atoms with Gasteiger partial charge in [0, 0.05) is 17.8 Å². The summed E-state index contributed by atoms with van der Waals surface area (Å²) >= 11 is 0. The third-order valence-electron chi connectivity index (χ3n) is 6.72. The lowest BCUT2D eigenvalue weighted by molar-refractivity contribution is 0.120. The Bertz CT molecular complexity index is 1710. The predicted molar refractivity (Wildman–Crippen MR) is 147 cm³/mol. The first kappa shape index (κ1) is 24.9. The average Bonchev–Trinajstić information content (AvgIpc) is 2.94. The molecule has 4 aromatic rings. The fourth-order valence-corrected chi connectivity index (χ4v) is 4.74. The molecule has 5 rings (SSSR count). The van der Waals surface area contributed by atoms with E-state index in [4.69, 9.17) is 4.74 Å². The van der Waals surface area contributed by atoms with Gasteiger partial charge >= 0.3 is 0 Å². The summed E-state index contributed by atoms with van der Waals surface area (Å²) in [5, 5.41) is 32.7. The van der Waals surface area contributed by atoms with Crippen molar-refractivity contribution >= 4 is 17.1 Å². The van der Waals surface area contributed by atoms with Gasteiger partial charge < -0.3 is 9.84 Å². The van der Waals surface area contributed by atoms with Crippen LogP contribution in [0.25, 0.3) is 22.0 Å². The van der Waals surface area contributed by atoms with Crippen LogP contribution < -0.4 is 4.74 Å². The van der Waals surface area contributed by atoms with Gasteiger partial charge in [-0.1, -0.05) is 44.2 Å². The number of hydrogen-bond donors (Lipinski definition) is 1. The van der Waals surface area contributed by atoms with Crippen LogP contribution >= 0.6 is 0 Å². The van der Waals surface area contributed by atoms with Gasteiger partial charge in [-0.3, -0.25) is 4.99 Å². The zero-order chi connectivity index (χ0) is 26.9. The van der Waals surface area contributed by atoms with Crippen molar-refractivity contribution in [1.82, 2.24) is 4.98 Å². The third kappa shape index (κ3) is 4.43. The van der Waals surface area contributed by atoms with Crippen molar-refractivity contribution in [3.05, 3.63) is 106 Å². The lowest BCUT2D eigenvalue weighted by atomic mass is 9.79. The average molecular weight is 499 g/mol. The minimum absolute atomic E-state index is 0.231. The van der Waals surface area contributed by atoms with Gasteiger partial charge in [0.2, 0.25) is 0 Å². The molecule has 0 saturated heterocycles. The van der Waals surface area contributed by atoms with Crippen LogP contribution in [0, 0.1) is 28.6 Å². The Kier molecular flexibility index (Phi) is 6.51. The van der Waals surface area contributed by atoms with Crippen LogP contribution in [-0.4, -0.2) is 16.3 Å². The molecule has 0 aliphatic carbocycles. The van der Waals surface area contributed by atoms with E-state index < -0.39 is 5.60 Å². The fourth-order valence-electron chi connectivity index (χ4n) is 4.74. The molecule has 0 amide bonds. The molecule has 1 unspecified atom stereocenters. The number of pyridine rings is 1. The van der Waals surface area contributed by atoms with Crippen molar-refractivity contribution in [2.45, 2.75) is 33.0 Å². The van der Waals surface area contributed by atoms with Gasteiger partial charge in [-0.25, -0.2) is 4.98 Å². The molecule has 6 nitrogen and oxygen atoms in total. The second-order valence-electron chi connectivity index (χ2n) is 9.78. The van der Waals surface area contributed by atoms with E-state index in [2.05, 4.69) is 22.1 Å². The second kappa shape index (κ2) is 9.94. The Hall–Kier alpha value is -4.78. The van der Waals surface area contributed by atoms with Crippen molar-refractivity contribution in [3.63, 3.8) is 0 Å². The van der Waals surface area contributed by atoms with Crippen LogP contribution in [0.2, 0.25) is 0 Å². The number of rotatable bonds is 3. The molecule has 1 aliphatic rings. The summed E-state index contributed by atoms with van der Waals surface area (Å²) in [7, 11) is 0. The summed E-state index contributed by atoms with van der Waals surface area (Å²) < 4.78 is 6.14. The first-order valence-electron chi connectivity index (χ1n) is 12.4. The van der Waals surface area contributed by atoms with E-state index in [1.807, 2.05) is 69.5 Å². The molecule has 38 heavy (non-hydrogen) atoms. The number of hydrogen-bond acceptors (Lipinski definition) is 6. The summed E-state index contributed by atoms with van der Waals surface area (Å²) in [6.45, 7) is 6.13. The van der Waals surface area contributed by atoms with Crippen LogP contribution in [0.1, 0.15) is 48.7 Å². The van der Waals surface area contributed by atoms with Gasteiger partial charge in [-0.05, 0) is 82.6 Å². The standard InChI is InChI=1S/C32H26N4O2/c1-20(2)17-35-18-21(3)32(37)25-9-10-30-29(12-25)28(14-27(16-34)36-30)23-6-4-5-22(11-23)19-38-31-13-26(32)8-7-24(31)15-33/h4-14,17-18,20,37H,19H2,1-3H3/b21-18+,35-17?. The molecule has 3 aromatic carbocycles. The number of aromatic nitrogens is 1. The smallest absolute Gasteiger partial charge is 0.141 e. The monoisotopic (exact) mass is 498 g/mol. The Morgan fingerprint density at radius 3 is 2.61 bits per heavy atom. The summed E-state index contributed by atoms with van der Waals surface area (Å²) in [4.78, 5) is 8.97. The van der Waals surface area contributed by atoms with Crippen LogP contribution in [-0.2, 0) is 12.2 Å². The van der Waals surface area contributed by atoms with E-state index in [1.165, 1.54) is 0 Å². The Labute approximate surface area is 221 Å². The highest BCUT2D eigenvalue weighted by atomic mass is 16.5. The summed E-state index contributed by atoms with van der Waals surface area (Å²) in [5.74, 6) is 0.640. The number of aliphatic imine (C=N–C) groups is 1. The molecule has 6 bridgehead atoms. The molecule has 0 fully saturated rings. The first-order chi connectivity index (χ1) is 18.3. The van der Waals surface area contributed by atoms with E-state index >= 15 is 0 Å². The lowest BCUT2D eigenvalue weighted by Crippen LogP contribution is -2.29. The minimum atomic E-state index is -1.58. The lowest BCUT2D eigenvalue weighted by Gasteiger charge is -2.31. The second-order valence-corrected chi connectivity index (χ2v) is 9.78. The number of nitriles is 2. The Morgan fingerprint density at radius 2 is 1.84 bits per heavy atom. The van der Waals surface area contributed by atoms with Gasteiger partial charge in [-0.2, -0.15) is 10.5 Å². The van der Waals surface area contributed by atoms with Crippen molar-refractivity contribution in [3.8, 4) is 29.0 Å². The normalized spacial score (nSPS) is 16.9. The molecule has 0 spiro atoms. The molecule has 186 valence electrons. The van der Waals surface area contributed by atoms with Gasteiger partial charge in [0.05, 0.1) is 11.1 Å². The molecule has 1 N–H and O–H groups in total. The highest BCUT2D eigenvalue weighted by Gasteiger charge is 2.35. The van der Waals surface area contributed by atoms with E-state index in [-0.39, 0.29) is 12.5 Å². The number of ether oxygens (including phenoxy) is 1. The zero-order valence-corrected chi connectivity index (χ0v) is 21.4. The SMILES string of the molecule is C/C(=C\N=CC(C)C)C1(O)c2ccc(C#N)c(c2)OCc2cccc(c2)-c2cc(C#N)nc3ccc1cc23. The number of fused-ring (bicyclic) bond motifs is 6. The van der Waals surface area contributed by atoms with Gasteiger partial charge in [0.15, 0.2) is 0 Å². The van der Waals surface area contributed by atoms with Crippen molar-refractivity contribution in [1.29, 1.82) is 10.5 Å². The van der Waals surface area contributed by atoms with Gasteiger partial charge in [-0.15, -0.1) is 0 Å². The fraction of sp³-hybridized carbons (Fsp3) is 0.188. The maximum atomic E-state index is 12.5. The molecule has 0 radical (unpaired) electrons. The molecule has 6 heteroatoms. The van der Waals surface area contributed by atoms with Crippen molar-refractivity contribution in [2.24, 2.45) is 10.9 Å². The quantitative estimate of drug-likeness (QED) is 0.329. The van der Waals surface area contributed by atoms with Crippen LogP contribution in [0.4, 0.5) is 0 Å². The van der Waals surface area contributed by atoms with Gasteiger partial charge in [0.1, 0.15) is 35.8 Å². The summed E-state index contributed by atoms with van der Waals surface area (Å²) in [5.41, 5.74) is 4.16. The van der Waals surface area contributed by atoms with Crippen molar-refractivity contribution < 1.29 is 9.84 Å². The number of nitrogens with zero attached hydrogens (tertiary/aromatic N) is 4. The van der Waals surface area contributed by atoms with E-state index in [0.29, 0.717) is 39.2 Å². The van der Waals surface area contributed by atoms with Crippen LogP contribution in [0.15, 0.2) is 83.5 Å². The van der Waals surface area contributed by atoms with Crippen LogP contribution in [0.5, 0.6) is 5.75 Å². The molecule has 2 heterocycles. The molecule has 1 atom stereocenters. The number of aliphatic hydroxyl groups is 1. The summed E-state index contributed by atoms with van der Waals surface area (Å²) in [6.07, 6.45) is 3.49. The third-order valence-corrected chi connectivity index (χ3v) is 6.72. The van der Waals surface area contributed by atoms with E-state index in [0.717, 1.165) is 22.1 Å². The largest absolute Gasteiger partial charge is 0.488 e. The Morgan fingerprint density at radius 1 is 1.05 bits per heavy atom. The highest BCUT2D eigenvalue weighted by Crippen LogP contribution is 2.41. The molecule has 1 aromatic heterocycles. The van der Waals surface area contributed by atoms with E-state index in [9.17, 15) is 15.6 Å².